The number of hydrazone groups is 1. The van der Waals surface area contributed by atoms with Crippen molar-refractivity contribution in [1.82, 2.24) is 19.9 Å². The number of aryl methyl sites for hydroxylation is 1. The van der Waals surface area contributed by atoms with E-state index < -0.39 is 0 Å². The lowest BCUT2D eigenvalue weighted by molar-refractivity contribution is -0.130. The van der Waals surface area contributed by atoms with E-state index in [1.807, 2.05) is 43.3 Å². The van der Waals surface area contributed by atoms with Crippen LogP contribution in [0.15, 0.2) is 84.6 Å². The molecule has 0 fully saturated rings. The summed E-state index contributed by atoms with van der Waals surface area (Å²) in [6.07, 6.45) is 3.62. The molecule has 6 rings (SSSR count). The molecule has 1 amide bonds. The molecule has 0 spiro atoms. The number of nitrogen functional groups attached to an aromatic ring is 1. The Labute approximate surface area is 203 Å². The smallest absolute Gasteiger partial charge is 0.253 e. The molecule has 1 unspecified atom stereocenters. The van der Waals surface area contributed by atoms with E-state index in [2.05, 4.69) is 15.3 Å². The van der Waals surface area contributed by atoms with Crippen molar-refractivity contribution in [3.05, 3.63) is 78.3 Å². The second-order valence-electron chi connectivity index (χ2n) is 8.02. The average Bonchev–Trinajstić information content (AvgIpc) is 3.67. The minimum absolute atomic E-state index is 0.0633. The van der Waals surface area contributed by atoms with Crippen molar-refractivity contribution in [1.29, 1.82) is 0 Å². The van der Waals surface area contributed by atoms with Crippen LogP contribution in [0.2, 0.25) is 0 Å². The number of amides is 1. The third kappa shape index (κ3) is 3.79. The van der Waals surface area contributed by atoms with Gasteiger partial charge < -0.3 is 19.1 Å². The molecular weight excluding hydrogens is 468 g/mol. The molecule has 0 saturated heterocycles. The van der Waals surface area contributed by atoms with Crippen LogP contribution in [-0.4, -0.2) is 37.3 Å². The number of carbonyl (C=O) groups is 1. The second kappa shape index (κ2) is 8.51. The summed E-state index contributed by atoms with van der Waals surface area (Å²) >= 11 is 1.19. The second-order valence-corrected chi connectivity index (χ2v) is 8.97. The minimum atomic E-state index is -0.374. The fraction of sp³-hybridized carbons (Fsp3) is 0.167. The third-order valence-corrected chi connectivity index (χ3v) is 6.76. The van der Waals surface area contributed by atoms with E-state index in [0.717, 1.165) is 16.5 Å². The Morgan fingerprint density at radius 3 is 2.80 bits per heavy atom. The lowest BCUT2D eigenvalue weighted by Gasteiger charge is -2.19. The lowest BCUT2D eigenvalue weighted by atomic mass is 10.1. The van der Waals surface area contributed by atoms with Gasteiger partial charge >= 0.3 is 0 Å². The standard InChI is InChI=1S/C24H20N6O4S/c1-14-16(8-10-32-14)23-26-27-24(29(23)25)35-13-22(31)30-18(20-7-4-9-33-20)12-17(28-30)21-11-15-5-2-3-6-19(15)34-21/h2-11,18H,12-13,25H2,1H3. The van der Waals surface area contributed by atoms with Crippen LogP contribution in [0.3, 0.4) is 0 Å². The van der Waals surface area contributed by atoms with E-state index in [1.54, 1.807) is 24.7 Å². The van der Waals surface area contributed by atoms with Crippen LogP contribution in [-0.2, 0) is 4.79 Å². The van der Waals surface area contributed by atoms with Gasteiger partial charge in [0, 0.05) is 11.8 Å². The Hall–Kier alpha value is -4.25. The molecule has 1 atom stereocenters. The number of hydrogen-bond donors (Lipinski definition) is 1. The van der Waals surface area contributed by atoms with Crippen molar-refractivity contribution in [3.63, 3.8) is 0 Å². The first-order valence-electron chi connectivity index (χ1n) is 10.9. The Bertz CT molecular complexity index is 1510. The molecule has 1 aliphatic rings. The average molecular weight is 489 g/mol. The molecule has 5 heterocycles. The van der Waals surface area contributed by atoms with E-state index in [9.17, 15) is 4.79 Å². The van der Waals surface area contributed by atoms with Gasteiger partial charge in [-0.25, -0.2) is 9.69 Å². The molecule has 4 aromatic heterocycles. The van der Waals surface area contributed by atoms with E-state index in [4.69, 9.17) is 19.1 Å². The molecule has 0 aliphatic carbocycles. The van der Waals surface area contributed by atoms with Crippen molar-refractivity contribution < 1.29 is 18.0 Å². The fourth-order valence-electron chi connectivity index (χ4n) is 4.08. The minimum Gasteiger partial charge on any atom is -0.469 e. The number of nitrogens with two attached hydrogens (primary N) is 1. The molecule has 176 valence electrons. The zero-order valence-electron chi connectivity index (χ0n) is 18.6. The highest BCUT2D eigenvalue weighted by atomic mass is 32.2. The topological polar surface area (TPSA) is 129 Å². The Morgan fingerprint density at radius 1 is 1.14 bits per heavy atom. The molecule has 0 radical (unpaired) electrons. The molecule has 35 heavy (non-hydrogen) atoms. The molecule has 10 nitrogen and oxygen atoms in total. The maximum Gasteiger partial charge on any atom is 0.253 e. The highest BCUT2D eigenvalue weighted by Gasteiger charge is 2.36. The highest BCUT2D eigenvalue weighted by molar-refractivity contribution is 7.99. The molecule has 0 bridgehead atoms. The number of thioether (sulfide) groups is 1. The summed E-state index contributed by atoms with van der Waals surface area (Å²) in [5, 5.41) is 15.8. The molecule has 1 aliphatic heterocycles. The first-order chi connectivity index (χ1) is 17.1. The van der Waals surface area contributed by atoms with Crippen molar-refractivity contribution in [2.24, 2.45) is 5.10 Å². The van der Waals surface area contributed by atoms with Crippen LogP contribution >= 0.6 is 11.8 Å². The van der Waals surface area contributed by atoms with Gasteiger partial charge in [-0.1, -0.05) is 30.0 Å². The van der Waals surface area contributed by atoms with Gasteiger partial charge in [-0.05, 0) is 37.3 Å². The van der Waals surface area contributed by atoms with Crippen LogP contribution in [0.5, 0.6) is 0 Å². The Morgan fingerprint density at radius 2 is 2.03 bits per heavy atom. The van der Waals surface area contributed by atoms with Crippen molar-refractivity contribution in [3.8, 4) is 11.4 Å². The predicted molar refractivity (Wildman–Crippen MR) is 129 cm³/mol. The molecule has 0 saturated carbocycles. The summed E-state index contributed by atoms with van der Waals surface area (Å²) in [7, 11) is 0. The normalized spacial score (nSPS) is 15.7. The Balaban J connectivity index is 1.24. The zero-order valence-corrected chi connectivity index (χ0v) is 19.4. The Kier molecular flexibility index (Phi) is 5.18. The lowest BCUT2D eigenvalue weighted by Crippen LogP contribution is -2.28. The quantitative estimate of drug-likeness (QED) is 0.276. The van der Waals surface area contributed by atoms with Crippen LogP contribution in [0.25, 0.3) is 22.4 Å². The number of benzene rings is 1. The van der Waals surface area contributed by atoms with Crippen molar-refractivity contribution >= 4 is 34.3 Å². The summed E-state index contributed by atoms with van der Waals surface area (Å²) in [5.41, 5.74) is 2.20. The van der Waals surface area contributed by atoms with Gasteiger partial charge in [0.1, 0.15) is 28.9 Å². The maximum atomic E-state index is 13.3. The van der Waals surface area contributed by atoms with Crippen LogP contribution in [0.1, 0.15) is 29.7 Å². The molecule has 2 N–H and O–H groups in total. The number of rotatable bonds is 6. The SMILES string of the molecule is Cc1occc1-c1nnc(SCC(=O)N2N=C(c3cc4ccccc4o3)CC2c2ccco2)n1N. The van der Waals surface area contributed by atoms with E-state index >= 15 is 0 Å². The number of fused-ring (bicyclic) bond motifs is 1. The summed E-state index contributed by atoms with van der Waals surface area (Å²) < 4.78 is 18.3. The number of furan rings is 3. The number of nitrogens with zero attached hydrogens (tertiary/aromatic N) is 5. The van der Waals surface area contributed by atoms with Gasteiger partial charge in [0.15, 0.2) is 11.6 Å². The van der Waals surface area contributed by atoms with Gasteiger partial charge in [0.05, 0.1) is 23.8 Å². The summed E-state index contributed by atoms with van der Waals surface area (Å²) in [6.45, 7) is 1.82. The number of hydrogen-bond acceptors (Lipinski definition) is 9. The largest absolute Gasteiger partial charge is 0.469 e. The number of para-hydroxylation sites is 1. The van der Waals surface area contributed by atoms with Crippen molar-refractivity contribution in [2.45, 2.75) is 24.5 Å². The van der Waals surface area contributed by atoms with Gasteiger partial charge in [-0.3, -0.25) is 4.79 Å². The fourth-order valence-corrected chi connectivity index (χ4v) is 4.79. The molecule has 11 heteroatoms. The van der Waals surface area contributed by atoms with E-state index in [0.29, 0.717) is 40.4 Å². The first-order valence-corrected chi connectivity index (χ1v) is 11.9. The molecule has 5 aromatic rings. The van der Waals surface area contributed by atoms with E-state index in [-0.39, 0.29) is 17.7 Å². The van der Waals surface area contributed by atoms with Crippen LogP contribution < -0.4 is 5.84 Å². The number of carbonyl (C=O) groups excluding carboxylic acids is 1. The maximum absolute atomic E-state index is 13.3. The van der Waals surface area contributed by atoms with Gasteiger partial charge in [0.25, 0.3) is 5.91 Å². The van der Waals surface area contributed by atoms with Crippen molar-refractivity contribution in [2.75, 3.05) is 11.6 Å². The van der Waals surface area contributed by atoms with Crippen LogP contribution in [0, 0.1) is 6.92 Å². The van der Waals surface area contributed by atoms with Gasteiger partial charge in [0.2, 0.25) is 5.16 Å². The van der Waals surface area contributed by atoms with Gasteiger partial charge in [-0.15, -0.1) is 10.2 Å². The monoisotopic (exact) mass is 488 g/mol. The predicted octanol–water partition coefficient (Wildman–Crippen LogP) is 4.37. The van der Waals surface area contributed by atoms with E-state index in [1.165, 1.54) is 21.4 Å². The summed E-state index contributed by atoms with van der Waals surface area (Å²) in [6, 6.07) is 14.7. The third-order valence-electron chi connectivity index (χ3n) is 5.84. The molecule has 1 aromatic carbocycles. The first kappa shape index (κ1) is 21.3. The number of aromatic nitrogens is 3. The van der Waals surface area contributed by atoms with Gasteiger partial charge in [-0.2, -0.15) is 5.10 Å². The summed E-state index contributed by atoms with van der Waals surface area (Å²) in [5.74, 6) is 8.47. The summed E-state index contributed by atoms with van der Waals surface area (Å²) in [4.78, 5) is 13.3. The highest BCUT2D eigenvalue weighted by Crippen LogP contribution is 2.35. The van der Waals surface area contributed by atoms with Crippen LogP contribution in [0.4, 0.5) is 0 Å². The zero-order chi connectivity index (χ0) is 23.9. The molecular formula is C24H20N6O4S.